The van der Waals surface area contributed by atoms with Gasteiger partial charge in [0.1, 0.15) is 0 Å². The first-order valence-corrected chi connectivity index (χ1v) is 6.80. The van der Waals surface area contributed by atoms with Crippen LogP contribution in [0.2, 0.25) is 0 Å². The topological polar surface area (TPSA) is 49.8 Å². The lowest BCUT2D eigenvalue weighted by Crippen LogP contribution is -2.22. The van der Waals surface area contributed by atoms with Crippen LogP contribution >= 0.6 is 11.8 Å². The number of carbonyl (C=O) groups is 1. The zero-order valence-electron chi connectivity index (χ0n) is 9.94. The first kappa shape index (κ1) is 12.5. The molecule has 2 heterocycles. The Kier molecular flexibility index (Phi) is 4.12. The molecule has 2 aliphatic heterocycles. The van der Waals surface area contributed by atoms with Gasteiger partial charge < -0.3 is 14.7 Å². The number of ether oxygens (including phenoxy) is 1. The quantitative estimate of drug-likeness (QED) is 0.780. The average molecular weight is 255 g/mol. The third-order valence-corrected chi connectivity index (χ3v) is 3.98. The fourth-order valence-electron chi connectivity index (χ4n) is 2.07. The highest BCUT2D eigenvalue weighted by molar-refractivity contribution is 8.06. The molecule has 2 aliphatic rings. The third-order valence-electron chi connectivity index (χ3n) is 2.90. The Balaban J connectivity index is 2.26. The van der Waals surface area contributed by atoms with Gasteiger partial charge in [-0.15, -0.1) is 0 Å². The smallest absolute Gasteiger partial charge is 0.336 e. The summed E-state index contributed by atoms with van der Waals surface area (Å²) in [6.07, 6.45) is 2.79. The molecule has 94 valence electrons. The second-order valence-electron chi connectivity index (χ2n) is 4.00. The number of nitrogens with zero attached hydrogens (tertiary/aromatic N) is 1. The van der Waals surface area contributed by atoms with E-state index in [0.29, 0.717) is 6.61 Å². The fourth-order valence-corrected chi connectivity index (χ4v) is 3.18. The van der Waals surface area contributed by atoms with Crippen molar-refractivity contribution >= 4 is 17.7 Å². The summed E-state index contributed by atoms with van der Waals surface area (Å²) in [4.78, 5) is 13.9. The summed E-state index contributed by atoms with van der Waals surface area (Å²) in [5.41, 5.74) is 1.64. The Labute approximate surface area is 105 Å². The van der Waals surface area contributed by atoms with E-state index < -0.39 is 0 Å². The van der Waals surface area contributed by atoms with Crippen molar-refractivity contribution in [1.29, 1.82) is 0 Å². The number of esters is 1. The minimum Gasteiger partial charge on any atom is -0.463 e. The van der Waals surface area contributed by atoms with Crippen LogP contribution in [0.15, 0.2) is 21.7 Å². The molecule has 0 saturated heterocycles. The molecule has 4 nitrogen and oxygen atoms in total. The Morgan fingerprint density at radius 2 is 2.41 bits per heavy atom. The maximum atomic E-state index is 11.9. The lowest BCUT2D eigenvalue weighted by Gasteiger charge is -2.21. The van der Waals surface area contributed by atoms with Crippen LogP contribution in [0.3, 0.4) is 0 Å². The summed E-state index contributed by atoms with van der Waals surface area (Å²) in [5, 5.41) is 12.1. The summed E-state index contributed by atoms with van der Waals surface area (Å²) in [6, 6.07) is 0. The van der Waals surface area contributed by atoms with Gasteiger partial charge in [0.05, 0.1) is 29.5 Å². The largest absolute Gasteiger partial charge is 0.463 e. The van der Waals surface area contributed by atoms with Gasteiger partial charge in [-0.05, 0) is 31.6 Å². The van der Waals surface area contributed by atoms with E-state index in [4.69, 9.17) is 4.74 Å². The molecule has 0 spiro atoms. The average Bonchev–Trinajstić information content (AvgIpc) is 2.61. The molecule has 0 atom stereocenters. The number of hydrogen-bond donors (Lipinski definition) is 1. The first-order chi connectivity index (χ1) is 8.27. The number of aliphatic hydroxyl groups is 1. The predicted molar refractivity (Wildman–Crippen MR) is 67.0 cm³/mol. The van der Waals surface area contributed by atoms with Gasteiger partial charge in [0.15, 0.2) is 0 Å². The molecule has 0 saturated carbocycles. The van der Waals surface area contributed by atoms with Crippen molar-refractivity contribution in [3.63, 3.8) is 0 Å². The van der Waals surface area contributed by atoms with Crippen molar-refractivity contribution in [1.82, 2.24) is 4.90 Å². The normalized spacial score (nSPS) is 19.9. The third kappa shape index (κ3) is 2.50. The zero-order valence-corrected chi connectivity index (χ0v) is 10.8. The highest BCUT2D eigenvalue weighted by Crippen LogP contribution is 2.39. The molecule has 0 aromatic carbocycles. The molecule has 0 unspecified atom stereocenters. The van der Waals surface area contributed by atoms with Crippen LogP contribution < -0.4 is 0 Å². The Morgan fingerprint density at radius 3 is 3.12 bits per heavy atom. The summed E-state index contributed by atoms with van der Waals surface area (Å²) in [5.74, 6) is -0.213. The number of hydrogen-bond acceptors (Lipinski definition) is 5. The molecule has 17 heavy (non-hydrogen) atoms. The van der Waals surface area contributed by atoms with E-state index in [9.17, 15) is 9.90 Å². The SMILES string of the molecule is CCOC(=O)C1=C2SC=C(CO)N2CCCC1. The number of fused-ring (bicyclic) bond motifs is 1. The Morgan fingerprint density at radius 1 is 1.59 bits per heavy atom. The van der Waals surface area contributed by atoms with Crippen molar-refractivity contribution in [3.05, 3.63) is 21.7 Å². The first-order valence-electron chi connectivity index (χ1n) is 5.92. The van der Waals surface area contributed by atoms with E-state index in [-0.39, 0.29) is 12.6 Å². The molecule has 0 aromatic rings. The van der Waals surface area contributed by atoms with Crippen molar-refractivity contribution in [3.8, 4) is 0 Å². The molecular weight excluding hydrogens is 238 g/mol. The maximum absolute atomic E-state index is 11.9. The van der Waals surface area contributed by atoms with Crippen molar-refractivity contribution in [2.24, 2.45) is 0 Å². The van der Waals surface area contributed by atoms with Gasteiger partial charge in [0.2, 0.25) is 0 Å². The van der Waals surface area contributed by atoms with Crippen LogP contribution in [0.5, 0.6) is 0 Å². The molecule has 0 bridgehead atoms. The van der Waals surface area contributed by atoms with E-state index in [1.54, 1.807) is 0 Å². The van der Waals surface area contributed by atoms with Gasteiger partial charge in [-0.3, -0.25) is 0 Å². The van der Waals surface area contributed by atoms with Crippen LogP contribution in [0.4, 0.5) is 0 Å². The molecule has 0 radical (unpaired) electrons. The molecule has 0 aromatic heterocycles. The fraction of sp³-hybridized carbons (Fsp3) is 0.583. The highest BCUT2D eigenvalue weighted by atomic mass is 32.2. The van der Waals surface area contributed by atoms with E-state index >= 15 is 0 Å². The molecule has 5 heteroatoms. The molecule has 0 aliphatic carbocycles. The van der Waals surface area contributed by atoms with Crippen LogP contribution in [0.1, 0.15) is 26.2 Å². The monoisotopic (exact) mass is 255 g/mol. The number of carbonyl (C=O) groups excluding carboxylic acids is 1. The minimum atomic E-state index is -0.213. The van der Waals surface area contributed by atoms with E-state index in [0.717, 1.165) is 42.1 Å². The second-order valence-corrected chi connectivity index (χ2v) is 4.86. The van der Waals surface area contributed by atoms with Crippen molar-refractivity contribution < 1.29 is 14.6 Å². The van der Waals surface area contributed by atoms with Crippen LogP contribution in [-0.2, 0) is 9.53 Å². The van der Waals surface area contributed by atoms with Gasteiger partial charge >= 0.3 is 5.97 Å². The van der Waals surface area contributed by atoms with E-state index in [1.165, 1.54) is 11.8 Å². The molecule has 1 N–H and O–H groups in total. The maximum Gasteiger partial charge on any atom is 0.336 e. The summed E-state index contributed by atoms with van der Waals surface area (Å²) in [7, 11) is 0. The summed E-state index contributed by atoms with van der Waals surface area (Å²) < 4.78 is 5.09. The lowest BCUT2D eigenvalue weighted by atomic mass is 10.1. The highest BCUT2D eigenvalue weighted by Gasteiger charge is 2.29. The Bertz CT molecular complexity index is 376. The molecular formula is C12H17NO3S. The van der Waals surface area contributed by atoms with Gasteiger partial charge in [0.25, 0.3) is 0 Å². The van der Waals surface area contributed by atoms with Crippen LogP contribution in [0, 0.1) is 0 Å². The standard InChI is InChI=1S/C12H17NO3S/c1-2-16-12(15)10-5-3-4-6-13-9(7-14)8-17-11(10)13/h8,14H,2-7H2,1H3. The van der Waals surface area contributed by atoms with Crippen molar-refractivity contribution in [2.75, 3.05) is 19.8 Å². The predicted octanol–water partition coefficient (Wildman–Crippen LogP) is 1.83. The molecule has 2 rings (SSSR count). The van der Waals surface area contributed by atoms with Gasteiger partial charge in [-0.1, -0.05) is 11.8 Å². The lowest BCUT2D eigenvalue weighted by molar-refractivity contribution is -0.138. The van der Waals surface area contributed by atoms with Crippen LogP contribution in [-0.4, -0.2) is 35.7 Å². The minimum absolute atomic E-state index is 0.0204. The van der Waals surface area contributed by atoms with Crippen molar-refractivity contribution in [2.45, 2.75) is 26.2 Å². The van der Waals surface area contributed by atoms with E-state index in [1.807, 2.05) is 17.2 Å². The van der Waals surface area contributed by atoms with Crippen LogP contribution in [0.25, 0.3) is 0 Å². The number of aliphatic hydroxyl groups excluding tert-OH is 1. The van der Waals surface area contributed by atoms with Gasteiger partial charge in [-0.25, -0.2) is 4.79 Å². The van der Waals surface area contributed by atoms with E-state index in [2.05, 4.69) is 0 Å². The summed E-state index contributed by atoms with van der Waals surface area (Å²) in [6.45, 7) is 3.11. The second kappa shape index (κ2) is 5.60. The van der Waals surface area contributed by atoms with Gasteiger partial charge in [-0.2, -0.15) is 0 Å². The molecule has 0 amide bonds. The Hall–Kier alpha value is -0.940. The van der Waals surface area contributed by atoms with Gasteiger partial charge in [0, 0.05) is 6.54 Å². The zero-order chi connectivity index (χ0) is 12.3. The number of rotatable bonds is 3. The molecule has 0 fully saturated rings. The summed E-state index contributed by atoms with van der Waals surface area (Å²) >= 11 is 1.52. The number of thioether (sulfide) groups is 1.